The van der Waals surface area contributed by atoms with Gasteiger partial charge in [0.1, 0.15) is 0 Å². The number of carbonyl (C=O) groups is 2. The van der Waals surface area contributed by atoms with Crippen LogP contribution in [-0.4, -0.2) is 11.8 Å². The van der Waals surface area contributed by atoms with E-state index in [0.29, 0.717) is 10.7 Å². The summed E-state index contributed by atoms with van der Waals surface area (Å²) >= 11 is 6.08. The molecule has 3 aromatic rings. The van der Waals surface area contributed by atoms with E-state index in [1.165, 1.54) is 0 Å². The Morgan fingerprint density at radius 1 is 1.04 bits per heavy atom. The van der Waals surface area contributed by atoms with E-state index in [4.69, 9.17) is 11.6 Å². The van der Waals surface area contributed by atoms with Crippen molar-refractivity contribution >= 4 is 34.8 Å². The molecule has 4 rings (SSSR count). The van der Waals surface area contributed by atoms with E-state index in [1.807, 2.05) is 73.7 Å². The number of anilines is 2. The molecule has 0 aliphatic carbocycles. The van der Waals surface area contributed by atoms with E-state index in [-0.39, 0.29) is 18.2 Å². The van der Waals surface area contributed by atoms with Gasteiger partial charge in [0.15, 0.2) is 0 Å². The van der Waals surface area contributed by atoms with Gasteiger partial charge in [0, 0.05) is 22.8 Å². The Bertz CT molecular complexity index is 1080. The van der Waals surface area contributed by atoms with Crippen LogP contribution in [0.1, 0.15) is 23.5 Å². The Kier molecular flexibility index (Phi) is 4.88. The van der Waals surface area contributed by atoms with Crippen molar-refractivity contribution in [3.8, 4) is 11.1 Å². The molecule has 140 valence electrons. The van der Waals surface area contributed by atoms with Crippen molar-refractivity contribution in [1.29, 1.82) is 0 Å². The first-order chi connectivity index (χ1) is 13.5. The van der Waals surface area contributed by atoms with Gasteiger partial charge < -0.3 is 10.6 Å². The van der Waals surface area contributed by atoms with Gasteiger partial charge in [-0.05, 0) is 59.5 Å². The van der Waals surface area contributed by atoms with Crippen LogP contribution in [-0.2, 0) is 9.59 Å². The molecule has 28 heavy (non-hydrogen) atoms. The third-order valence-corrected chi connectivity index (χ3v) is 5.19. The fourth-order valence-electron chi connectivity index (χ4n) is 3.52. The van der Waals surface area contributed by atoms with Crippen molar-refractivity contribution in [2.75, 3.05) is 10.6 Å². The topological polar surface area (TPSA) is 58.2 Å². The molecule has 0 saturated heterocycles. The molecule has 1 aliphatic heterocycles. The summed E-state index contributed by atoms with van der Waals surface area (Å²) in [6.07, 6.45) is 0.141. The van der Waals surface area contributed by atoms with Gasteiger partial charge >= 0.3 is 0 Å². The third kappa shape index (κ3) is 3.64. The minimum atomic E-state index is -0.503. The lowest BCUT2D eigenvalue weighted by atomic mass is 9.89. The van der Waals surface area contributed by atoms with Gasteiger partial charge in [-0.3, -0.25) is 9.59 Å². The standard InChI is InChI=1S/C23H19ClN2O2/c1-14-11-16(15-5-4-6-17(24)12-15)9-10-20(14)26-23(28)19-13-22(27)25-21-8-3-2-7-18(19)21/h2-12,19H,13H2,1H3,(H,25,27)(H,26,28). The molecule has 2 amide bonds. The lowest BCUT2D eigenvalue weighted by Crippen LogP contribution is -2.30. The normalized spacial score (nSPS) is 15.5. The van der Waals surface area contributed by atoms with Crippen LogP contribution in [0.2, 0.25) is 5.02 Å². The fraction of sp³-hybridized carbons (Fsp3) is 0.130. The number of rotatable bonds is 3. The van der Waals surface area contributed by atoms with Crippen LogP contribution in [0, 0.1) is 6.92 Å². The van der Waals surface area contributed by atoms with Gasteiger partial charge in [0.25, 0.3) is 0 Å². The second kappa shape index (κ2) is 7.49. The number of benzene rings is 3. The second-order valence-corrected chi connectivity index (χ2v) is 7.36. The molecule has 0 fully saturated rings. The minimum absolute atomic E-state index is 0.141. The van der Waals surface area contributed by atoms with Crippen molar-refractivity contribution in [2.45, 2.75) is 19.3 Å². The highest BCUT2D eigenvalue weighted by Crippen LogP contribution is 2.33. The van der Waals surface area contributed by atoms with Crippen molar-refractivity contribution < 1.29 is 9.59 Å². The number of carbonyl (C=O) groups excluding carboxylic acids is 2. The molecule has 4 nitrogen and oxygen atoms in total. The zero-order chi connectivity index (χ0) is 19.7. The van der Waals surface area contributed by atoms with E-state index in [9.17, 15) is 9.59 Å². The van der Waals surface area contributed by atoms with Gasteiger partial charge in [-0.15, -0.1) is 0 Å². The van der Waals surface area contributed by atoms with Gasteiger partial charge in [0.05, 0.1) is 5.92 Å². The Labute approximate surface area is 168 Å². The van der Waals surface area contributed by atoms with Crippen molar-refractivity contribution in [3.63, 3.8) is 0 Å². The number of amides is 2. The summed E-state index contributed by atoms with van der Waals surface area (Å²) in [7, 11) is 0. The molecule has 1 unspecified atom stereocenters. The monoisotopic (exact) mass is 390 g/mol. The average molecular weight is 391 g/mol. The molecule has 5 heteroatoms. The van der Waals surface area contributed by atoms with E-state index in [0.717, 1.165) is 27.9 Å². The molecular weight excluding hydrogens is 372 g/mol. The predicted octanol–water partition coefficient (Wildman–Crippen LogP) is 5.38. The maximum absolute atomic E-state index is 12.9. The number of hydrogen-bond acceptors (Lipinski definition) is 2. The van der Waals surface area contributed by atoms with Crippen LogP contribution in [0.4, 0.5) is 11.4 Å². The molecule has 2 N–H and O–H groups in total. The van der Waals surface area contributed by atoms with Crippen molar-refractivity contribution in [2.24, 2.45) is 0 Å². The van der Waals surface area contributed by atoms with Crippen LogP contribution >= 0.6 is 11.6 Å². The first-order valence-electron chi connectivity index (χ1n) is 9.07. The number of hydrogen-bond donors (Lipinski definition) is 2. The quantitative estimate of drug-likeness (QED) is 0.630. The molecule has 0 saturated carbocycles. The van der Waals surface area contributed by atoms with E-state index in [1.54, 1.807) is 0 Å². The van der Waals surface area contributed by atoms with E-state index >= 15 is 0 Å². The summed E-state index contributed by atoms with van der Waals surface area (Å²) < 4.78 is 0. The van der Waals surface area contributed by atoms with Gasteiger partial charge in [-0.2, -0.15) is 0 Å². The molecule has 3 aromatic carbocycles. The summed E-state index contributed by atoms with van der Waals surface area (Å²) in [5, 5.41) is 6.49. The number of para-hydroxylation sites is 1. The summed E-state index contributed by atoms with van der Waals surface area (Å²) in [5.74, 6) is -0.829. The predicted molar refractivity (Wildman–Crippen MR) is 113 cm³/mol. The smallest absolute Gasteiger partial charge is 0.232 e. The largest absolute Gasteiger partial charge is 0.326 e. The number of fused-ring (bicyclic) bond motifs is 1. The molecule has 0 bridgehead atoms. The Balaban J connectivity index is 1.58. The molecule has 0 spiro atoms. The van der Waals surface area contributed by atoms with E-state index in [2.05, 4.69) is 10.6 Å². The lowest BCUT2D eigenvalue weighted by Gasteiger charge is -2.25. The summed E-state index contributed by atoms with van der Waals surface area (Å²) in [4.78, 5) is 24.9. The van der Waals surface area contributed by atoms with Gasteiger partial charge in [-0.1, -0.05) is 48.0 Å². The number of nitrogens with one attached hydrogen (secondary N) is 2. The molecule has 1 heterocycles. The highest BCUT2D eigenvalue weighted by Gasteiger charge is 2.30. The van der Waals surface area contributed by atoms with Crippen molar-refractivity contribution in [1.82, 2.24) is 0 Å². The Morgan fingerprint density at radius 2 is 1.82 bits per heavy atom. The first kappa shape index (κ1) is 18.3. The second-order valence-electron chi connectivity index (χ2n) is 6.92. The number of aryl methyl sites for hydroxylation is 1. The molecule has 1 aliphatic rings. The highest BCUT2D eigenvalue weighted by atomic mass is 35.5. The van der Waals surface area contributed by atoms with Gasteiger partial charge in [-0.25, -0.2) is 0 Å². The maximum Gasteiger partial charge on any atom is 0.232 e. The van der Waals surface area contributed by atoms with Gasteiger partial charge in [0.2, 0.25) is 11.8 Å². The highest BCUT2D eigenvalue weighted by molar-refractivity contribution is 6.30. The SMILES string of the molecule is Cc1cc(-c2cccc(Cl)c2)ccc1NC(=O)C1CC(=O)Nc2ccccc21. The molecular formula is C23H19ClN2O2. The summed E-state index contributed by atoms with van der Waals surface area (Å²) in [5.41, 5.74) is 5.27. The molecule has 0 aromatic heterocycles. The van der Waals surface area contributed by atoms with Crippen molar-refractivity contribution in [3.05, 3.63) is 82.9 Å². The van der Waals surface area contributed by atoms with Crippen LogP contribution < -0.4 is 10.6 Å². The zero-order valence-electron chi connectivity index (χ0n) is 15.3. The van der Waals surface area contributed by atoms with Crippen LogP contribution in [0.5, 0.6) is 0 Å². The van der Waals surface area contributed by atoms with Crippen LogP contribution in [0.15, 0.2) is 66.7 Å². The summed E-state index contributed by atoms with van der Waals surface area (Å²) in [6.45, 7) is 1.95. The average Bonchev–Trinajstić information content (AvgIpc) is 2.68. The Hall–Kier alpha value is -3.11. The third-order valence-electron chi connectivity index (χ3n) is 4.96. The van der Waals surface area contributed by atoms with Crippen LogP contribution in [0.25, 0.3) is 11.1 Å². The number of halogens is 1. The van der Waals surface area contributed by atoms with Crippen LogP contribution in [0.3, 0.4) is 0 Å². The fourth-order valence-corrected chi connectivity index (χ4v) is 3.71. The molecule has 0 radical (unpaired) electrons. The molecule has 1 atom stereocenters. The van der Waals surface area contributed by atoms with E-state index < -0.39 is 5.92 Å². The first-order valence-corrected chi connectivity index (χ1v) is 9.45. The Morgan fingerprint density at radius 3 is 2.61 bits per heavy atom. The summed E-state index contributed by atoms with van der Waals surface area (Å²) in [6, 6.07) is 20.9. The maximum atomic E-state index is 12.9. The lowest BCUT2D eigenvalue weighted by molar-refractivity contribution is -0.123. The zero-order valence-corrected chi connectivity index (χ0v) is 16.1. The minimum Gasteiger partial charge on any atom is -0.326 e.